The summed E-state index contributed by atoms with van der Waals surface area (Å²) in [5.74, 6) is -0.299. The quantitative estimate of drug-likeness (QED) is 0.603. The zero-order valence-corrected chi connectivity index (χ0v) is 9.96. The van der Waals surface area contributed by atoms with E-state index in [9.17, 15) is 9.59 Å². The maximum absolute atomic E-state index is 11.1. The van der Waals surface area contributed by atoms with Crippen molar-refractivity contribution in [3.8, 4) is 0 Å². The molecule has 1 aromatic heterocycles. The second-order valence-corrected chi connectivity index (χ2v) is 3.23. The number of aromatic nitrogens is 2. The third kappa shape index (κ3) is 3.79. The molecule has 1 heterocycles. The molecule has 2 N–H and O–H groups in total. The second-order valence-electron chi connectivity index (χ2n) is 2.82. The monoisotopic (exact) mass is 258 g/mol. The van der Waals surface area contributed by atoms with Crippen LogP contribution in [0.2, 0.25) is 0 Å². The van der Waals surface area contributed by atoms with Gasteiger partial charge in [-0.15, -0.1) is 0 Å². The van der Waals surface area contributed by atoms with E-state index in [2.05, 4.69) is 30.3 Å². The number of thiocarbonyl (C=S) groups is 1. The Kier molecular flexibility index (Phi) is 4.52. The SMILES string of the molecule is CCOC(=O)NC(=S)Nc1nonc1C(C)=O. The molecule has 0 unspecified atom stereocenters. The van der Waals surface area contributed by atoms with E-state index >= 15 is 0 Å². The van der Waals surface area contributed by atoms with E-state index in [0.717, 1.165) is 0 Å². The molecule has 1 amide bonds. The van der Waals surface area contributed by atoms with Gasteiger partial charge in [0.25, 0.3) is 0 Å². The Morgan fingerprint density at radius 2 is 2.18 bits per heavy atom. The van der Waals surface area contributed by atoms with Crippen molar-refractivity contribution in [2.75, 3.05) is 11.9 Å². The Morgan fingerprint density at radius 1 is 1.47 bits per heavy atom. The fourth-order valence-corrected chi connectivity index (χ4v) is 1.08. The average Bonchev–Trinajstić information content (AvgIpc) is 2.65. The molecule has 9 heteroatoms. The first-order valence-corrected chi connectivity index (χ1v) is 5.03. The summed E-state index contributed by atoms with van der Waals surface area (Å²) in [5.41, 5.74) is -0.00184. The molecule has 8 nitrogen and oxygen atoms in total. The van der Waals surface area contributed by atoms with E-state index < -0.39 is 6.09 Å². The number of Topliss-reactive ketones (excluding diaryl/α,β-unsaturated/α-hetero) is 1. The van der Waals surface area contributed by atoms with Gasteiger partial charge < -0.3 is 10.1 Å². The van der Waals surface area contributed by atoms with Gasteiger partial charge in [0.2, 0.25) is 5.82 Å². The molecule has 0 radical (unpaired) electrons. The Hall–Kier alpha value is -2.03. The Balaban J connectivity index is 2.59. The summed E-state index contributed by atoms with van der Waals surface area (Å²) in [6, 6.07) is 0. The van der Waals surface area contributed by atoms with Crippen LogP contribution in [0.3, 0.4) is 0 Å². The van der Waals surface area contributed by atoms with Gasteiger partial charge in [-0.2, -0.15) is 0 Å². The summed E-state index contributed by atoms with van der Waals surface area (Å²) in [5, 5.41) is 11.5. The van der Waals surface area contributed by atoms with Crippen LogP contribution in [-0.2, 0) is 4.74 Å². The molecular weight excluding hydrogens is 248 g/mol. The number of ketones is 1. The van der Waals surface area contributed by atoms with Crippen molar-refractivity contribution in [1.82, 2.24) is 15.6 Å². The maximum Gasteiger partial charge on any atom is 0.413 e. The lowest BCUT2D eigenvalue weighted by atomic mass is 10.3. The minimum Gasteiger partial charge on any atom is -0.450 e. The second kappa shape index (κ2) is 5.89. The fraction of sp³-hybridized carbons (Fsp3) is 0.375. The first kappa shape index (κ1) is 13.0. The molecule has 0 atom stereocenters. The molecule has 92 valence electrons. The van der Waals surface area contributed by atoms with Crippen LogP contribution in [0.4, 0.5) is 10.6 Å². The van der Waals surface area contributed by atoms with Gasteiger partial charge in [0.15, 0.2) is 16.6 Å². The number of carbonyl (C=O) groups is 2. The summed E-state index contributed by atoms with van der Waals surface area (Å²) in [6.07, 6.45) is -0.703. The van der Waals surface area contributed by atoms with Crippen molar-refractivity contribution < 1.29 is 19.0 Å². The lowest BCUT2D eigenvalue weighted by molar-refractivity contribution is 0.100. The van der Waals surface area contributed by atoms with Crippen LogP contribution in [0.15, 0.2) is 4.63 Å². The van der Waals surface area contributed by atoms with E-state index in [1.54, 1.807) is 6.92 Å². The highest BCUT2D eigenvalue weighted by Crippen LogP contribution is 2.09. The Bertz CT molecular complexity index is 444. The van der Waals surface area contributed by atoms with Crippen LogP contribution in [-0.4, -0.2) is 33.9 Å². The largest absolute Gasteiger partial charge is 0.450 e. The van der Waals surface area contributed by atoms with Gasteiger partial charge in [-0.05, 0) is 29.5 Å². The van der Waals surface area contributed by atoms with E-state index in [1.807, 2.05) is 0 Å². The standard InChI is InChI=1S/C8H10N4O4S/c1-3-15-8(14)10-7(17)9-6-5(4(2)13)11-16-12-6/h3H2,1-2H3,(H2,9,10,12,14,17). The van der Waals surface area contributed by atoms with Crippen molar-refractivity contribution in [2.45, 2.75) is 13.8 Å². The zero-order chi connectivity index (χ0) is 12.8. The number of carbonyl (C=O) groups excluding carboxylic acids is 2. The molecule has 0 saturated carbocycles. The number of nitrogens with zero attached hydrogens (tertiary/aromatic N) is 2. The van der Waals surface area contributed by atoms with Gasteiger partial charge in [-0.25, -0.2) is 9.42 Å². The smallest absolute Gasteiger partial charge is 0.413 e. The number of alkyl carbamates (subject to hydrolysis) is 1. The van der Waals surface area contributed by atoms with Crippen LogP contribution >= 0.6 is 12.2 Å². The van der Waals surface area contributed by atoms with Gasteiger partial charge in [0.1, 0.15) is 0 Å². The van der Waals surface area contributed by atoms with Crippen molar-refractivity contribution in [3.63, 3.8) is 0 Å². The van der Waals surface area contributed by atoms with Gasteiger partial charge >= 0.3 is 6.09 Å². The number of anilines is 1. The number of ether oxygens (including phenoxy) is 1. The number of rotatable bonds is 3. The van der Waals surface area contributed by atoms with Gasteiger partial charge in [-0.3, -0.25) is 10.1 Å². The van der Waals surface area contributed by atoms with Crippen LogP contribution < -0.4 is 10.6 Å². The Morgan fingerprint density at radius 3 is 2.76 bits per heavy atom. The molecule has 0 aliphatic carbocycles. The predicted molar refractivity (Wildman–Crippen MR) is 60.7 cm³/mol. The first-order valence-electron chi connectivity index (χ1n) is 4.62. The summed E-state index contributed by atoms with van der Waals surface area (Å²) in [6.45, 7) is 3.18. The predicted octanol–water partition coefficient (Wildman–Crippen LogP) is 0.715. The number of hydrogen-bond donors (Lipinski definition) is 2. The minimum absolute atomic E-state index is 0.00184. The average molecular weight is 258 g/mol. The highest BCUT2D eigenvalue weighted by Gasteiger charge is 2.16. The molecule has 1 rings (SSSR count). The van der Waals surface area contributed by atoms with Crippen molar-refractivity contribution in [3.05, 3.63) is 5.69 Å². The number of hydrogen-bond acceptors (Lipinski definition) is 7. The van der Waals surface area contributed by atoms with E-state index in [-0.39, 0.29) is 29.0 Å². The molecule has 0 spiro atoms. The highest BCUT2D eigenvalue weighted by atomic mass is 32.1. The van der Waals surface area contributed by atoms with Crippen LogP contribution in [0.5, 0.6) is 0 Å². The summed E-state index contributed by atoms with van der Waals surface area (Å²) in [7, 11) is 0. The van der Waals surface area contributed by atoms with Crippen molar-refractivity contribution in [1.29, 1.82) is 0 Å². The summed E-state index contributed by atoms with van der Waals surface area (Å²) < 4.78 is 8.98. The lowest BCUT2D eigenvalue weighted by Crippen LogP contribution is -2.35. The first-order chi connectivity index (χ1) is 8.04. The molecule has 17 heavy (non-hydrogen) atoms. The summed E-state index contributed by atoms with van der Waals surface area (Å²) in [4.78, 5) is 22.1. The summed E-state index contributed by atoms with van der Waals surface area (Å²) >= 11 is 4.79. The lowest BCUT2D eigenvalue weighted by Gasteiger charge is -2.06. The Labute approximate surface area is 102 Å². The molecule has 0 aliphatic rings. The molecule has 0 bridgehead atoms. The fourth-order valence-electron chi connectivity index (χ4n) is 0.900. The van der Waals surface area contributed by atoms with Gasteiger partial charge in [0, 0.05) is 6.92 Å². The van der Waals surface area contributed by atoms with Crippen molar-refractivity contribution in [2.24, 2.45) is 0 Å². The van der Waals surface area contributed by atoms with E-state index in [4.69, 9.17) is 12.2 Å². The van der Waals surface area contributed by atoms with Gasteiger partial charge in [0.05, 0.1) is 6.61 Å². The highest BCUT2D eigenvalue weighted by molar-refractivity contribution is 7.80. The minimum atomic E-state index is -0.703. The molecule has 0 fully saturated rings. The van der Waals surface area contributed by atoms with E-state index in [0.29, 0.717) is 0 Å². The third-order valence-corrected chi connectivity index (χ3v) is 1.75. The zero-order valence-electron chi connectivity index (χ0n) is 9.14. The van der Waals surface area contributed by atoms with Crippen LogP contribution in [0, 0.1) is 0 Å². The van der Waals surface area contributed by atoms with Gasteiger partial charge in [-0.1, -0.05) is 0 Å². The molecular formula is C8H10N4O4S. The van der Waals surface area contributed by atoms with E-state index in [1.165, 1.54) is 6.92 Å². The molecule has 0 saturated heterocycles. The topological polar surface area (TPSA) is 106 Å². The molecule has 0 aliphatic heterocycles. The molecule has 0 aromatic carbocycles. The maximum atomic E-state index is 11.1. The molecule has 1 aromatic rings. The van der Waals surface area contributed by atoms with Crippen LogP contribution in [0.25, 0.3) is 0 Å². The van der Waals surface area contributed by atoms with Crippen molar-refractivity contribution >= 4 is 35.0 Å². The third-order valence-electron chi connectivity index (χ3n) is 1.54. The normalized spacial score (nSPS) is 9.53. The number of amides is 1. The van der Waals surface area contributed by atoms with Crippen LogP contribution in [0.1, 0.15) is 24.3 Å². The number of nitrogens with one attached hydrogen (secondary N) is 2.